The molecule has 2 aromatic rings. The van der Waals surface area contributed by atoms with Gasteiger partial charge in [-0.2, -0.15) is 5.10 Å². The number of nitrogens with one attached hydrogen (secondary N) is 1. The lowest BCUT2D eigenvalue weighted by Gasteiger charge is -2.35. The third-order valence-electron chi connectivity index (χ3n) is 5.44. The molecule has 2 atom stereocenters. The number of nitrogens with zero attached hydrogens (tertiary/aromatic N) is 3. The van der Waals surface area contributed by atoms with E-state index in [-0.39, 0.29) is 24.4 Å². The van der Waals surface area contributed by atoms with Crippen LogP contribution in [0.1, 0.15) is 36.2 Å². The second kappa shape index (κ2) is 7.68. The van der Waals surface area contributed by atoms with Gasteiger partial charge in [-0.05, 0) is 37.8 Å². The van der Waals surface area contributed by atoms with Crippen LogP contribution in [0.4, 0.5) is 0 Å². The highest BCUT2D eigenvalue weighted by molar-refractivity contribution is 5.95. The highest BCUT2D eigenvalue weighted by Crippen LogP contribution is 2.30. The van der Waals surface area contributed by atoms with Crippen LogP contribution in [0.15, 0.2) is 36.5 Å². The Balaban J connectivity index is 0.00000196. The Morgan fingerprint density at radius 2 is 1.88 bits per heavy atom. The summed E-state index contributed by atoms with van der Waals surface area (Å²) >= 11 is 0. The number of carbonyl (C=O) groups is 1. The zero-order valence-electron chi connectivity index (χ0n) is 15.1. The zero-order chi connectivity index (χ0) is 17.4. The maximum absolute atomic E-state index is 13.1. The standard InChI is InChI=1S/C19H24N4O2.ClH/c1-22(16-10-13-8-9-14(11-16)20-13)19(24)18-17(25-2)12-23(21-18)15-6-4-3-5-7-15;/h3-7,12-14,16,20H,8-11H2,1-2H3;1H. The summed E-state index contributed by atoms with van der Waals surface area (Å²) in [4.78, 5) is 14.9. The van der Waals surface area contributed by atoms with E-state index in [1.165, 1.54) is 12.8 Å². The SMILES string of the molecule is COc1cn(-c2ccccc2)nc1C(=O)N(C)C1CC2CCC(C1)N2.Cl. The van der Waals surface area contributed by atoms with Crippen LogP contribution >= 0.6 is 12.4 Å². The third-order valence-corrected chi connectivity index (χ3v) is 5.44. The van der Waals surface area contributed by atoms with Crippen LogP contribution in [0.25, 0.3) is 5.69 Å². The molecule has 1 aromatic heterocycles. The minimum atomic E-state index is -0.0715. The highest BCUT2D eigenvalue weighted by atomic mass is 35.5. The van der Waals surface area contributed by atoms with Crippen molar-refractivity contribution in [1.82, 2.24) is 20.0 Å². The predicted octanol–water partition coefficient (Wildman–Crippen LogP) is 2.66. The number of halogens is 1. The molecule has 2 aliphatic heterocycles. The molecule has 3 heterocycles. The number of benzene rings is 1. The van der Waals surface area contributed by atoms with Crippen LogP contribution in [0.3, 0.4) is 0 Å². The molecule has 0 spiro atoms. The maximum atomic E-state index is 13.1. The molecule has 26 heavy (non-hydrogen) atoms. The van der Waals surface area contributed by atoms with Crippen molar-refractivity contribution in [2.24, 2.45) is 0 Å². The summed E-state index contributed by atoms with van der Waals surface area (Å²) in [7, 11) is 3.46. The van der Waals surface area contributed by atoms with E-state index in [2.05, 4.69) is 10.4 Å². The van der Waals surface area contributed by atoms with Gasteiger partial charge in [0.15, 0.2) is 11.4 Å². The summed E-state index contributed by atoms with van der Waals surface area (Å²) in [5.74, 6) is 0.440. The normalized spacial score (nSPS) is 24.0. The summed E-state index contributed by atoms with van der Waals surface area (Å²) in [5, 5.41) is 8.13. The Hall–Kier alpha value is -2.05. The van der Waals surface area contributed by atoms with Crippen molar-refractivity contribution in [2.45, 2.75) is 43.8 Å². The average molecular weight is 377 g/mol. The number of piperidine rings is 1. The number of amides is 1. The number of methoxy groups -OCH3 is 1. The highest BCUT2D eigenvalue weighted by Gasteiger charge is 2.37. The molecule has 0 radical (unpaired) electrons. The number of carbonyl (C=O) groups excluding carboxylic acids is 1. The van der Waals surface area contributed by atoms with Crippen LogP contribution in [0.2, 0.25) is 0 Å². The Morgan fingerprint density at radius 3 is 2.50 bits per heavy atom. The fourth-order valence-electron chi connectivity index (χ4n) is 4.04. The molecule has 2 unspecified atom stereocenters. The van der Waals surface area contributed by atoms with Crippen molar-refractivity contribution in [3.05, 3.63) is 42.2 Å². The van der Waals surface area contributed by atoms with Crippen LogP contribution in [0, 0.1) is 0 Å². The van der Waals surface area contributed by atoms with Gasteiger partial charge in [-0.1, -0.05) is 18.2 Å². The van der Waals surface area contributed by atoms with E-state index < -0.39 is 0 Å². The van der Waals surface area contributed by atoms with E-state index in [9.17, 15) is 4.79 Å². The second-order valence-electron chi connectivity index (χ2n) is 7.01. The van der Waals surface area contributed by atoms with E-state index in [0.29, 0.717) is 23.5 Å². The summed E-state index contributed by atoms with van der Waals surface area (Å²) < 4.78 is 7.12. The predicted molar refractivity (Wildman–Crippen MR) is 102 cm³/mol. The minimum absolute atomic E-state index is 0. The average Bonchev–Trinajstić information content (AvgIpc) is 3.24. The van der Waals surface area contributed by atoms with Gasteiger partial charge in [0, 0.05) is 25.2 Å². The van der Waals surface area contributed by atoms with Gasteiger partial charge >= 0.3 is 0 Å². The Kier molecular flexibility index (Phi) is 5.53. The Bertz CT molecular complexity index is 752. The number of rotatable bonds is 4. The molecular formula is C19H25ClN4O2. The van der Waals surface area contributed by atoms with Crippen molar-refractivity contribution in [1.29, 1.82) is 0 Å². The molecule has 1 N–H and O–H groups in total. The number of aromatic nitrogens is 2. The van der Waals surface area contributed by atoms with E-state index >= 15 is 0 Å². The molecule has 0 saturated carbocycles. The molecule has 4 rings (SSSR count). The minimum Gasteiger partial charge on any atom is -0.493 e. The van der Waals surface area contributed by atoms with Crippen LogP contribution in [-0.4, -0.2) is 52.9 Å². The van der Waals surface area contributed by atoms with Gasteiger partial charge in [0.25, 0.3) is 5.91 Å². The van der Waals surface area contributed by atoms with Gasteiger partial charge in [0.2, 0.25) is 0 Å². The largest absolute Gasteiger partial charge is 0.493 e. The summed E-state index contributed by atoms with van der Waals surface area (Å²) in [6.45, 7) is 0. The lowest BCUT2D eigenvalue weighted by Crippen LogP contribution is -2.48. The molecule has 6 nitrogen and oxygen atoms in total. The number of hydrogen-bond donors (Lipinski definition) is 1. The fraction of sp³-hybridized carbons (Fsp3) is 0.474. The van der Waals surface area contributed by atoms with Gasteiger partial charge in [0.05, 0.1) is 19.0 Å². The first-order valence-corrected chi connectivity index (χ1v) is 8.88. The molecule has 1 amide bonds. The second-order valence-corrected chi connectivity index (χ2v) is 7.01. The molecule has 2 fully saturated rings. The van der Waals surface area contributed by atoms with E-state index in [0.717, 1.165) is 18.5 Å². The molecule has 7 heteroatoms. The quantitative estimate of drug-likeness (QED) is 0.891. The van der Waals surface area contributed by atoms with Crippen LogP contribution in [0.5, 0.6) is 5.75 Å². The monoisotopic (exact) mass is 376 g/mol. The lowest BCUT2D eigenvalue weighted by molar-refractivity contribution is 0.0672. The van der Waals surface area contributed by atoms with Gasteiger partial charge in [-0.25, -0.2) is 4.68 Å². The van der Waals surface area contributed by atoms with Crippen molar-refractivity contribution in [2.75, 3.05) is 14.2 Å². The van der Waals surface area contributed by atoms with Crippen LogP contribution < -0.4 is 10.1 Å². The number of hydrogen-bond acceptors (Lipinski definition) is 4. The smallest absolute Gasteiger partial charge is 0.278 e. The first-order chi connectivity index (χ1) is 12.2. The summed E-state index contributed by atoms with van der Waals surface area (Å²) in [5.41, 5.74) is 1.28. The van der Waals surface area contributed by atoms with Crippen LogP contribution in [-0.2, 0) is 0 Å². The summed E-state index contributed by atoms with van der Waals surface area (Å²) in [6, 6.07) is 11.1. The molecule has 2 aliphatic rings. The fourth-order valence-corrected chi connectivity index (χ4v) is 4.04. The third kappa shape index (κ3) is 3.44. The number of para-hydroxylation sites is 1. The first-order valence-electron chi connectivity index (χ1n) is 8.88. The molecular weight excluding hydrogens is 352 g/mol. The Labute approximate surface area is 159 Å². The summed E-state index contributed by atoms with van der Waals surface area (Å²) in [6.07, 6.45) is 6.23. The van der Waals surface area contributed by atoms with Crippen molar-refractivity contribution in [3.8, 4) is 11.4 Å². The van der Waals surface area contributed by atoms with Gasteiger partial charge < -0.3 is 15.0 Å². The number of fused-ring (bicyclic) bond motifs is 2. The van der Waals surface area contributed by atoms with E-state index in [1.807, 2.05) is 42.3 Å². The molecule has 2 bridgehead atoms. The molecule has 0 aliphatic carbocycles. The molecule has 140 valence electrons. The topological polar surface area (TPSA) is 59.4 Å². The molecule has 2 saturated heterocycles. The van der Waals surface area contributed by atoms with E-state index in [1.54, 1.807) is 18.0 Å². The lowest BCUT2D eigenvalue weighted by atomic mass is 9.98. The van der Waals surface area contributed by atoms with Crippen molar-refractivity contribution in [3.63, 3.8) is 0 Å². The van der Waals surface area contributed by atoms with Crippen molar-refractivity contribution < 1.29 is 9.53 Å². The molecule has 1 aromatic carbocycles. The number of ether oxygens (including phenoxy) is 1. The first kappa shape index (κ1) is 18.7. The van der Waals surface area contributed by atoms with E-state index in [4.69, 9.17) is 4.74 Å². The Morgan fingerprint density at radius 1 is 1.23 bits per heavy atom. The zero-order valence-corrected chi connectivity index (χ0v) is 15.9. The maximum Gasteiger partial charge on any atom is 0.278 e. The van der Waals surface area contributed by atoms with Gasteiger partial charge in [0.1, 0.15) is 0 Å². The van der Waals surface area contributed by atoms with Gasteiger partial charge in [-0.15, -0.1) is 12.4 Å². The van der Waals surface area contributed by atoms with Gasteiger partial charge in [-0.3, -0.25) is 4.79 Å². The van der Waals surface area contributed by atoms with Crippen molar-refractivity contribution >= 4 is 18.3 Å².